The number of hydrogen-bond donors (Lipinski definition) is 2. The lowest BCUT2D eigenvalue weighted by molar-refractivity contribution is 0.635. The number of benzene rings is 1. The summed E-state index contributed by atoms with van der Waals surface area (Å²) in [4.78, 5) is 0. The van der Waals surface area contributed by atoms with E-state index < -0.39 is 0 Å². The minimum Gasteiger partial charge on any atom is -0.275 e. The van der Waals surface area contributed by atoms with Crippen molar-refractivity contribution in [1.82, 2.24) is 15.2 Å². The van der Waals surface area contributed by atoms with Crippen molar-refractivity contribution in [2.75, 3.05) is 0 Å². The van der Waals surface area contributed by atoms with Crippen molar-refractivity contribution in [3.8, 4) is 0 Å². The van der Waals surface area contributed by atoms with Crippen LogP contribution in [0.4, 0.5) is 0 Å². The van der Waals surface area contributed by atoms with Crippen molar-refractivity contribution in [3.63, 3.8) is 0 Å². The molecule has 1 heterocycles. The molecule has 0 fully saturated rings. The van der Waals surface area contributed by atoms with E-state index >= 15 is 0 Å². The van der Waals surface area contributed by atoms with Gasteiger partial charge in [0, 0.05) is 18.8 Å². The lowest BCUT2D eigenvalue weighted by atomic mass is 10.0. The smallest absolute Gasteiger partial charge is 0.0740 e. The SMILES string of the molecule is CCc1ccc(C(NN)c2cnn(C)c2)cc1. The molecule has 0 saturated carbocycles. The molecule has 1 aromatic heterocycles. The number of hydrazine groups is 1. The second kappa shape index (κ2) is 5.12. The van der Waals surface area contributed by atoms with E-state index in [1.807, 2.05) is 19.4 Å². The molecule has 0 aliphatic carbocycles. The topological polar surface area (TPSA) is 55.9 Å². The molecule has 0 saturated heterocycles. The van der Waals surface area contributed by atoms with Crippen molar-refractivity contribution in [3.05, 3.63) is 53.3 Å². The molecule has 0 radical (unpaired) electrons. The van der Waals surface area contributed by atoms with Crippen LogP contribution < -0.4 is 11.3 Å². The molecule has 4 heteroatoms. The molecule has 0 spiro atoms. The highest BCUT2D eigenvalue weighted by molar-refractivity contribution is 5.31. The van der Waals surface area contributed by atoms with Crippen molar-refractivity contribution in [2.45, 2.75) is 19.4 Å². The fraction of sp³-hybridized carbons (Fsp3) is 0.308. The lowest BCUT2D eigenvalue weighted by Crippen LogP contribution is -2.28. The van der Waals surface area contributed by atoms with Crippen molar-refractivity contribution < 1.29 is 0 Å². The normalized spacial score (nSPS) is 12.6. The summed E-state index contributed by atoms with van der Waals surface area (Å²) < 4.78 is 1.78. The van der Waals surface area contributed by atoms with Crippen LogP contribution in [-0.2, 0) is 13.5 Å². The third kappa shape index (κ3) is 2.54. The fourth-order valence-corrected chi connectivity index (χ4v) is 1.92. The van der Waals surface area contributed by atoms with Crippen LogP contribution in [0.3, 0.4) is 0 Å². The average molecular weight is 230 g/mol. The Labute approximate surface area is 101 Å². The Hall–Kier alpha value is -1.65. The number of aromatic nitrogens is 2. The zero-order chi connectivity index (χ0) is 12.3. The van der Waals surface area contributed by atoms with Crippen LogP contribution in [-0.4, -0.2) is 9.78 Å². The van der Waals surface area contributed by atoms with E-state index in [9.17, 15) is 0 Å². The molecule has 4 nitrogen and oxygen atoms in total. The highest BCUT2D eigenvalue weighted by Crippen LogP contribution is 2.21. The maximum absolute atomic E-state index is 5.63. The Balaban J connectivity index is 2.28. The van der Waals surface area contributed by atoms with Gasteiger partial charge in [0.2, 0.25) is 0 Å². The molecule has 3 N–H and O–H groups in total. The van der Waals surface area contributed by atoms with E-state index in [4.69, 9.17) is 5.84 Å². The van der Waals surface area contributed by atoms with Crippen molar-refractivity contribution in [2.24, 2.45) is 12.9 Å². The van der Waals surface area contributed by atoms with Gasteiger partial charge in [-0.05, 0) is 17.5 Å². The summed E-state index contributed by atoms with van der Waals surface area (Å²) in [6.07, 6.45) is 4.85. The average Bonchev–Trinajstić information content (AvgIpc) is 2.78. The first-order valence-electron chi connectivity index (χ1n) is 5.78. The second-order valence-electron chi connectivity index (χ2n) is 4.14. The van der Waals surface area contributed by atoms with E-state index in [1.54, 1.807) is 4.68 Å². The molecule has 17 heavy (non-hydrogen) atoms. The van der Waals surface area contributed by atoms with Crippen LogP contribution in [0.25, 0.3) is 0 Å². The van der Waals surface area contributed by atoms with Crippen molar-refractivity contribution >= 4 is 0 Å². The molecule has 1 unspecified atom stereocenters. The Morgan fingerprint density at radius 3 is 2.47 bits per heavy atom. The number of nitrogens with one attached hydrogen (secondary N) is 1. The summed E-state index contributed by atoms with van der Waals surface area (Å²) in [7, 11) is 1.90. The summed E-state index contributed by atoms with van der Waals surface area (Å²) in [5.74, 6) is 5.63. The van der Waals surface area contributed by atoms with Crippen LogP contribution in [0.5, 0.6) is 0 Å². The third-order valence-corrected chi connectivity index (χ3v) is 2.95. The van der Waals surface area contributed by atoms with Gasteiger partial charge in [-0.15, -0.1) is 0 Å². The van der Waals surface area contributed by atoms with Gasteiger partial charge in [-0.1, -0.05) is 31.2 Å². The molecule has 0 aliphatic rings. The fourth-order valence-electron chi connectivity index (χ4n) is 1.92. The molecule has 2 rings (SSSR count). The summed E-state index contributed by atoms with van der Waals surface area (Å²) in [5, 5.41) is 4.17. The predicted octanol–water partition coefficient (Wildman–Crippen LogP) is 1.54. The monoisotopic (exact) mass is 230 g/mol. The number of aryl methyl sites for hydroxylation is 2. The van der Waals surface area contributed by atoms with Crippen LogP contribution >= 0.6 is 0 Å². The van der Waals surface area contributed by atoms with E-state index in [0.29, 0.717) is 0 Å². The van der Waals surface area contributed by atoms with Gasteiger partial charge in [0.05, 0.1) is 12.2 Å². The molecular weight excluding hydrogens is 212 g/mol. The summed E-state index contributed by atoms with van der Waals surface area (Å²) in [6.45, 7) is 2.15. The van der Waals surface area contributed by atoms with E-state index in [1.165, 1.54) is 5.56 Å². The van der Waals surface area contributed by atoms with Gasteiger partial charge in [-0.2, -0.15) is 5.10 Å². The number of hydrogen-bond acceptors (Lipinski definition) is 3. The van der Waals surface area contributed by atoms with Gasteiger partial charge in [-0.3, -0.25) is 10.5 Å². The highest BCUT2D eigenvalue weighted by Gasteiger charge is 2.13. The Morgan fingerprint density at radius 1 is 1.29 bits per heavy atom. The first-order chi connectivity index (χ1) is 8.24. The number of nitrogens with zero attached hydrogens (tertiary/aromatic N) is 2. The maximum Gasteiger partial charge on any atom is 0.0740 e. The quantitative estimate of drug-likeness (QED) is 0.618. The summed E-state index contributed by atoms with van der Waals surface area (Å²) in [5.41, 5.74) is 6.38. The Kier molecular flexibility index (Phi) is 3.56. The van der Waals surface area contributed by atoms with Crippen LogP contribution in [0, 0.1) is 0 Å². The minimum atomic E-state index is -0.00499. The second-order valence-corrected chi connectivity index (χ2v) is 4.14. The van der Waals surface area contributed by atoms with Gasteiger partial charge in [0.1, 0.15) is 0 Å². The predicted molar refractivity (Wildman–Crippen MR) is 68.2 cm³/mol. The van der Waals surface area contributed by atoms with E-state index in [-0.39, 0.29) is 6.04 Å². The number of nitrogens with two attached hydrogens (primary N) is 1. The number of rotatable bonds is 4. The molecule has 90 valence electrons. The van der Waals surface area contributed by atoms with Gasteiger partial charge < -0.3 is 0 Å². The molecule has 0 bridgehead atoms. The first-order valence-corrected chi connectivity index (χ1v) is 5.78. The first kappa shape index (κ1) is 11.8. The summed E-state index contributed by atoms with van der Waals surface area (Å²) in [6, 6.07) is 8.48. The van der Waals surface area contributed by atoms with Crippen LogP contribution in [0.2, 0.25) is 0 Å². The molecule has 1 aromatic carbocycles. The van der Waals surface area contributed by atoms with Crippen LogP contribution in [0.1, 0.15) is 29.7 Å². The third-order valence-electron chi connectivity index (χ3n) is 2.95. The molecule has 0 aliphatic heterocycles. The molecule has 0 amide bonds. The van der Waals surface area contributed by atoms with Crippen LogP contribution in [0.15, 0.2) is 36.7 Å². The standard InChI is InChI=1S/C13H18N4/c1-3-10-4-6-11(7-5-10)13(16-14)12-8-15-17(2)9-12/h4-9,13,16H,3,14H2,1-2H3. The zero-order valence-electron chi connectivity index (χ0n) is 10.2. The minimum absolute atomic E-state index is 0.00499. The highest BCUT2D eigenvalue weighted by atomic mass is 15.3. The maximum atomic E-state index is 5.63. The summed E-state index contributed by atoms with van der Waals surface area (Å²) >= 11 is 0. The molecule has 2 aromatic rings. The lowest BCUT2D eigenvalue weighted by Gasteiger charge is -2.14. The van der Waals surface area contributed by atoms with E-state index in [2.05, 4.69) is 41.7 Å². The van der Waals surface area contributed by atoms with Crippen molar-refractivity contribution in [1.29, 1.82) is 0 Å². The Bertz CT molecular complexity index is 472. The van der Waals surface area contributed by atoms with Gasteiger partial charge in [0.25, 0.3) is 0 Å². The van der Waals surface area contributed by atoms with Gasteiger partial charge in [-0.25, -0.2) is 5.43 Å². The van der Waals surface area contributed by atoms with Gasteiger partial charge in [0.15, 0.2) is 0 Å². The van der Waals surface area contributed by atoms with Gasteiger partial charge >= 0.3 is 0 Å². The molecular formula is C13H18N4. The van der Waals surface area contributed by atoms with E-state index in [0.717, 1.165) is 17.5 Å². The molecule has 1 atom stereocenters. The Morgan fingerprint density at radius 2 is 2.00 bits per heavy atom. The largest absolute Gasteiger partial charge is 0.275 e. The zero-order valence-corrected chi connectivity index (χ0v) is 10.2.